The van der Waals surface area contributed by atoms with Crippen molar-refractivity contribution in [3.63, 3.8) is 0 Å². The van der Waals surface area contributed by atoms with E-state index in [1.807, 2.05) is 0 Å². The van der Waals surface area contributed by atoms with Crippen LogP contribution in [-0.2, 0) is 0 Å². The zero-order valence-corrected chi connectivity index (χ0v) is 10.0. The predicted molar refractivity (Wildman–Crippen MR) is 65.5 cm³/mol. The van der Waals surface area contributed by atoms with Gasteiger partial charge in [0.05, 0.1) is 5.69 Å². The lowest BCUT2D eigenvalue weighted by Gasteiger charge is -2.31. The Bertz CT molecular complexity index is 370. The highest BCUT2D eigenvalue weighted by Gasteiger charge is 2.21. The molecule has 4 heteroatoms. The molecule has 0 amide bonds. The molecule has 1 aliphatic rings. The average Bonchev–Trinajstić information content (AvgIpc) is 2.25. The minimum absolute atomic E-state index is 0.279. The van der Waals surface area contributed by atoms with Crippen molar-refractivity contribution in [3.8, 4) is 0 Å². The van der Waals surface area contributed by atoms with E-state index < -0.39 is 0 Å². The summed E-state index contributed by atoms with van der Waals surface area (Å²) >= 11 is 5.71. The molecule has 1 aliphatic heterocycles. The van der Waals surface area contributed by atoms with E-state index in [4.69, 9.17) is 11.6 Å². The molecule has 0 radical (unpaired) electrons. The SMILES string of the molecule is C[C@@H]1CNCC[C@@H]1Nc1ccc(Cl)cc1F. The molecule has 2 atom stereocenters. The Morgan fingerprint density at radius 2 is 2.31 bits per heavy atom. The van der Waals surface area contributed by atoms with Crippen molar-refractivity contribution in [2.45, 2.75) is 19.4 Å². The van der Waals surface area contributed by atoms with Crippen molar-refractivity contribution < 1.29 is 4.39 Å². The van der Waals surface area contributed by atoms with Crippen molar-refractivity contribution in [1.82, 2.24) is 5.32 Å². The van der Waals surface area contributed by atoms with Gasteiger partial charge >= 0.3 is 0 Å². The van der Waals surface area contributed by atoms with Crippen LogP contribution in [0.15, 0.2) is 18.2 Å². The second-order valence-electron chi connectivity index (χ2n) is 4.35. The van der Waals surface area contributed by atoms with Gasteiger partial charge in [0.25, 0.3) is 0 Å². The third-order valence-corrected chi connectivity index (χ3v) is 3.29. The van der Waals surface area contributed by atoms with Gasteiger partial charge in [0.15, 0.2) is 0 Å². The van der Waals surface area contributed by atoms with Gasteiger partial charge in [-0.1, -0.05) is 18.5 Å². The summed E-state index contributed by atoms with van der Waals surface area (Å²) < 4.78 is 13.6. The van der Waals surface area contributed by atoms with Crippen LogP contribution in [0.1, 0.15) is 13.3 Å². The van der Waals surface area contributed by atoms with E-state index in [0.717, 1.165) is 19.5 Å². The highest BCUT2D eigenvalue weighted by atomic mass is 35.5. The van der Waals surface area contributed by atoms with Crippen LogP contribution in [0.5, 0.6) is 0 Å². The van der Waals surface area contributed by atoms with Crippen molar-refractivity contribution in [1.29, 1.82) is 0 Å². The van der Waals surface area contributed by atoms with Crippen molar-refractivity contribution >= 4 is 17.3 Å². The predicted octanol–water partition coefficient (Wildman–Crippen LogP) is 2.89. The molecule has 0 aromatic heterocycles. The van der Waals surface area contributed by atoms with E-state index >= 15 is 0 Å². The van der Waals surface area contributed by atoms with E-state index in [2.05, 4.69) is 17.6 Å². The maximum Gasteiger partial charge on any atom is 0.147 e. The van der Waals surface area contributed by atoms with Gasteiger partial charge in [0.1, 0.15) is 5.82 Å². The number of benzene rings is 1. The molecule has 0 bridgehead atoms. The summed E-state index contributed by atoms with van der Waals surface area (Å²) in [5, 5.41) is 7.00. The van der Waals surface area contributed by atoms with Gasteiger partial charge < -0.3 is 10.6 Å². The number of halogens is 2. The van der Waals surface area contributed by atoms with Crippen LogP contribution in [0.2, 0.25) is 5.02 Å². The van der Waals surface area contributed by atoms with E-state index in [0.29, 0.717) is 22.7 Å². The lowest BCUT2D eigenvalue weighted by atomic mass is 9.95. The molecule has 16 heavy (non-hydrogen) atoms. The first-order valence-electron chi connectivity index (χ1n) is 5.59. The van der Waals surface area contributed by atoms with Gasteiger partial charge in [-0.3, -0.25) is 0 Å². The summed E-state index contributed by atoms with van der Waals surface area (Å²) in [6.07, 6.45) is 1.02. The third kappa shape index (κ3) is 2.66. The summed E-state index contributed by atoms with van der Waals surface area (Å²) in [5.74, 6) is 0.224. The van der Waals surface area contributed by atoms with Gasteiger partial charge in [-0.2, -0.15) is 0 Å². The second-order valence-corrected chi connectivity index (χ2v) is 4.78. The lowest BCUT2D eigenvalue weighted by Crippen LogP contribution is -2.42. The van der Waals surface area contributed by atoms with Gasteiger partial charge in [0.2, 0.25) is 0 Å². The second kappa shape index (κ2) is 5.02. The standard InChI is InChI=1S/C12H16ClFN2/c1-8-7-15-5-4-11(8)16-12-3-2-9(13)6-10(12)14/h2-3,6,8,11,15-16H,4-5,7H2,1H3/t8-,11+/m1/s1. The smallest absolute Gasteiger partial charge is 0.147 e. The van der Waals surface area contributed by atoms with Crippen LogP contribution in [0.25, 0.3) is 0 Å². The van der Waals surface area contributed by atoms with Crippen LogP contribution in [0.3, 0.4) is 0 Å². The van der Waals surface area contributed by atoms with Gasteiger partial charge in [-0.25, -0.2) is 4.39 Å². The van der Waals surface area contributed by atoms with E-state index in [-0.39, 0.29) is 5.82 Å². The largest absolute Gasteiger partial charge is 0.380 e. The molecule has 0 aliphatic carbocycles. The minimum Gasteiger partial charge on any atom is -0.380 e. The number of anilines is 1. The molecule has 2 rings (SSSR count). The maximum atomic E-state index is 13.6. The summed E-state index contributed by atoms with van der Waals surface area (Å²) in [6, 6.07) is 5.08. The molecule has 88 valence electrons. The fraction of sp³-hybridized carbons (Fsp3) is 0.500. The number of hydrogen-bond donors (Lipinski definition) is 2. The fourth-order valence-corrected chi connectivity index (χ4v) is 2.19. The average molecular weight is 243 g/mol. The van der Waals surface area contributed by atoms with Crippen LogP contribution in [0, 0.1) is 11.7 Å². The van der Waals surface area contributed by atoms with Gasteiger partial charge in [-0.05, 0) is 43.6 Å². The number of piperidine rings is 1. The molecule has 0 saturated carbocycles. The number of hydrogen-bond acceptors (Lipinski definition) is 2. The Labute approximate surface area is 100 Å². The van der Waals surface area contributed by atoms with Crippen LogP contribution < -0.4 is 10.6 Å². The first kappa shape index (κ1) is 11.7. The summed E-state index contributed by atoms with van der Waals surface area (Å²) in [7, 11) is 0. The third-order valence-electron chi connectivity index (χ3n) is 3.06. The molecule has 1 heterocycles. The molecule has 0 unspecified atom stereocenters. The normalized spacial score (nSPS) is 25.4. The van der Waals surface area contributed by atoms with Crippen molar-refractivity contribution in [2.75, 3.05) is 18.4 Å². The number of rotatable bonds is 2. The quantitative estimate of drug-likeness (QED) is 0.833. The van der Waals surface area contributed by atoms with Crippen molar-refractivity contribution in [2.24, 2.45) is 5.92 Å². The molecule has 1 aromatic carbocycles. The Balaban J connectivity index is 2.07. The first-order chi connectivity index (χ1) is 7.66. The lowest BCUT2D eigenvalue weighted by molar-refractivity contribution is 0.367. The summed E-state index contributed by atoms with van der Waals surface area (Å²) in [6.45, 7) is 4.13. The zero-order valence-electron chi connectivity index (χ0n) is 9.26. The Kier molecular flexibility index (Phi) is 3.66. The maximum absolute atomic E-state index is 13.6. The van der Waals surface area contributed by atoms with Crippen LogP contribution in [0.4, 0.5) is 10.1 Å². The highest BCUT2D eigenvalue weighted by molar-refractivity contribution is 6.30. The van der Waals surface area contributed by atoms with Crippen LogP contribution in [-0.4, -0.2) is 19.1 Å². The van der Waals surface area contributed by atoms with E-state index in [1.54, 1.807) is 12.1 Å². The minimum atomic E-state index is -0.279. The Morgan fingerprint density at radius 1 is 1.50 bits per heavy atom. The fourth-order valence-electron chi connectivity index (χ4n) is 2.03. The molecule has 1 aromatic rings. The Hall–Kier alpha value is -0.800. The molecule has 1 fully saturated rings. The molecular weight excluding hydrogens is 227 g/mol. The van der Waals surface area contributed by atoms with E-state index in [1.165, 1.54) is 6.07 Å². The molecule has 1 saturated heterocycles. The van der Waals surface area contributed by atoms with Gasteiger partial charge in [0, 0.05) is 11.1 Å². The van der Waals surface area contributed by atoms with Gasteiger partial charge in [-0.15, -0.1) is 0 Å². The van der Waals surface area contributed by atoms with E-state index in [9.17, 15) is 4.39 Å². The highest BCUT2D eigenvalue weighted by Crippen LogP contribution is 2.22. The monoisotopic (exact) mass is 242 g/mol. The summed E-state index contributed by atoms with van der Waals surface area (Å²) in [4.78, 5) is 0. The molecule has 0 spiro atoms. The van der Waals surface area contributed by atoms with Crippen LogP contribution >= 0.6 is 11.6 Å². The number of nitrogens with one attached hydrogen (secondary N) is 2. The molecular formula is C12H16ClFN2. The Morgan fingerprint density at radius 3 is 3.00 bits per heavy atom. The first-order valence-corrected chi connectivity index (χ1v) is 5.97. The molecule has 2 nitrogen and oxygen atoms in total. The molecule has 2 N–H and O–H groups in total. The summed E-state index contributed by atoms with van der Waals surface area (Å²) in [5.41, 5.74) is 0.545. The zero-order chi connectivity index (χ0) is 11.5. The van der Waals surface area contributed by atoms with Crippen molar-refractivity contribution in [3.05, 3.63) is 29.0 Å². The topological polar surface area (TPSA) is 24.1 Å².